The van der Waals surface area contributed by atoms with E-state index in [0.29, 0.717) is 22.5 Å². The Hall–Kier alpha value is -2.93. The van der Waals surface area contributed by atoms with Gasteiger partial charge in [0.2, 0.25) is 0 Å². The molecule has 0 saturated carbocycles. The summed E-state index contributed by atoms with van der Waals surface area (Å²) in [5.41, 5.74) is 1.47. The molecule has 0 amide bonds. The summed E-state index contributed by atoms with van der Waals surface area (Å²) in [6, 6.07) is 13.1. The van der Waals surface area contributed by atoms with Crippen LogP contribution in [0.2, 0.25) is 0 Å². The Bertz CT molecular complexity index is 1040. The van der Waals surface area contributed by atoms with Gasteiger partial charge in [-0.2, -0.15) is 0 Å². The van der Waals surface area contributed by atoms with Gasteiger partial charge in [0, 0.05) is 33.8 Å². The van der Waals surface area contributed by atoms with Crippen LogP contribution < -0.4 is 14.8 Å². The summed E-state index contributed by atoms with van der Waals surface area (Å²) < 4.78 is 38.6. The monoisotopic (exact) mass is 461 g/mol. The molecule has 150 valence electrons. The Morgan fingerprint density at radius 1 is 1.00 bits per heavy atom. The van der Waals surface area contributed by atoms with Crippen LogP contribution in [0.3, 0.4) is 0 Å². The highest BCUT2D eigenvalue weighted by Gasteiger charge is 2.17. The van der Waals surface area contributed by atoms with Crippen molar-refractivity contribution in [3.8, 4) is 11.5 Å². The molecular weight excluding hydrogens is 444 g/mol. The molecule has 0 saturated heterocycles. The molecule has 0 aliphatic heterocycles. The molecule has 3 aromatic rings. The van der Waals surface area contributed by atoms with Gasteiger partial charge >= 0.3 is 0 Å². The van der Waals surface area contributed by atoms with E-state index in [-0.39, 0.29) is 16.8 Å². The number of benzene rings is 3. The SMILES string of the molecule is COc1ccc(CNc2cc(Br)c(C(=O)c3ccc(F)cc3)cc2F)c(OC)c1. The first-order valence-corrected chi connectivity index (χ1v) is 9.46. The van der Waals surface area contributed by atoms with Gasteiger partial charge in [0.1, 0.15) is 23.1 Å². The van der Waals surface area contributed by atoms with Crippen molar-refractivity contribution in [1.82, 2.24) is 0 Å². The third kappa shape index (κ3) is 4.74. The van der Waals surface area contributed by atoms with E-state index < -0.39 is 17.4 Å². The first-order valence-electron chi connectivity index (χ1n) is 8.67. The Morgan fingerprint density at radius 2 is 1.72 bits per heavy atom. The minimum absolute atomic E-state index is 0.154. The van der Waals surface area contributed by atoms with Crippen LogP contribution in [0.5, 0.6) is 11.5 Å². The summed E-state index contributed by atoms with van der Waals surface area (Å²) in [6.07, 6.45) is 0. The number of carbonyl (C=O) groups excluding carboxylic acids is 1. The van der Waals surface area contributed by atoms with E-state index >= 15 is 0 Å². The number of methoxy groups -OCH3 is 2. The van der Waals surface area contributed by atoms with Crippen LogP contribution in [0, 0.1) is 11.6 Å². The second kappa shape index (κ2) is 9.05. The number of ketones is 1. The van der Waals surface area contributed by atoms with Crippen LogP contribution in [0.1, 0.15) is 21.5 Å². The molecule has 0 atom stereocenters. The zero-order valence-corrected chi connectivity index (χ0v) is 17.3. The largest absolute Gasteiger partial charge is 0.497 e. The third-order valence-corrected chi connectivity index (χ3v) is 5.03. The van der Waals surface area contributed by atoms with Crippen LogP contribution in [0.25, 0.3) is 0 Å². The quantitative estimate of drug-likeness (QED) is 0.466. The van der Waals surface area contributed by atoms with Gasteiger partial charge in [-0.1, -0.05) is 0 Å². The van der Waals surface area contributed by atoms with Crippen LogP contribution in [0.4, 0.5) is 14.5 Å². The summed E-state index contributed by atoms with van der Waals surface area (Å²) in [4.78, 5) is 12.6. The highest BCUT2D eigenvalue weighted by atomic mass is 79.9. The molecule has 0 unspecified atom stereocenters. The molecule has 0 aliphatic carbocycles. The normalized spacial score (nSPS) is 10.5. The van der Waals surface area contributed by atoms with Crippen molar-refractivity contribution in [2.24, 2.45) is 0 Å². The first kappa shape index (κ1) is 20.8. The first-order chi connectivity index (χ1) is 13.9. The minimum atomic E-state index is -0.578. The zero-order chi connectivity index (χ0) is 21.0. The van der Waals surface area contributed by atoms with Crippen molar-refractivity contribution in [3.63, 3.8) is 0 Å². The van der Waals surface area contributed by atoms with Crippen LogP contribution in [-0.2, 0) is 6.54 Å². The van der Waals surface area contributed by atoms with Crippen molar-refractivity contribution in [2.75, 3.05) is 19.5 Å². The van der Waals surface area contributed by atoms with Crippen molar-refractivity contribution in [1.29, 1.82) is 0 Å². The van der Waals surface area contributed by atoms with Crippen molar-refractivity contribution >= 4 is 27.4 Å². The number of ether oxygens (including phenoxy) is 2. The van der Waals surface area contributed by atoms with Gasteiger partial charge < -0.3 is 14.8 Å². The Labute approximate surface area is 175 Å². The van der Waals surface area contributed by atoms with Crippen molar-refractivity contribution in [2.45, 2.75) is 6.54 Å². The maximum absolute atomic E-state index is 14.6. The van der Waals surface area contributed by atoms with E-state index in [1.165, 1.54) is 30.3 Å². The average Bonchev–Trinajstić information content (AvgIpc) is 2.74. The number of rotatable bonds is 7. The smallest absolute Gasteiger partial charge is 0.194 e. The van der Waals surface area contributed by atoms with Gasteiger partial charge in [-0.05, 0) is 64.5 Å². The summed E-state index contributed by atoms with van der Waals surface area (Å²) >= 11 is 3.32. The molecule has 3 aromatic carbocycles. The van der Waals surface area contributed by atoms with Crippen molar-refractivity contribution < 1.29 is 23.0 Å². The second-order valence-electron chi connectivity index (χ2n) is 6.18. The predicted molar refractivity (Wildman–Crippen MR) is 111 cm³/mol. The van der Waals surface area contributed by atoms with E-state index in [0.717, 1.165) is 11.6 Å². The maximum Gasteiger partial charge on any atom is 0.194 e. The average molecular weight is 462 g/mol. The molecule has 0 fully saturated rings. The van der Waals surface area contributed by atoms with Crippen LogP contribution >= 0.6 is 15.9 Å². The molecule has 1 N–H and O–H groups in total. The molecule has 0 radical (unpaired) electrons. The molecule has 0 aliphatic rings. The number of carbonyl (C=O) groups is 1. The Morgan fingerprint density at radius 3 is 2.38 bits per heavy atom. The fourth-order valence-corrected chi connectivity index (χ4v) is 3.32. The molecule has 0 heterocycles. The van der Waals surface area contributed by atoms with Gasteiger partial charge in [0.15, 0.2) is 5.78 Å². The van der Waals surface area contributed by atoms with E-state index in [4.69, 9.17) is 9.47 Å². The fourth-order valence-electron chi connectivity index (χ4n) is 2.80. The molecule has 3 rings (SSSR count). The lowest BCUT2D eigenvalue weighted by Crippen LogP contribution is -2.07. The van der Waals surface area contributed by atoms with Gasteiger partial charge in [-0.15, -0.1) is 0 Å². The van der Waals surface area contributed by atoms with Crippen molar-refractivity contribution in [3.05, 3.63) is 87.4 Å². The van der Waals surface area contributed by atoms with E-state index in [1.54, 1.807) is 26.4 Å². The number of hydrogen-bond donors (Lipinski definition) is 1. The van der Waals surface area contributed by atoms with E-state index in [9.17, 15) is 13.6 Å². The zero-order valence-electron chi connectivity index (χ0n) is 15.8. The highest BCUT2D eigenvalue weighted by Crippen LogP contribution is 2.29. The number of nitrogens with one attached hydrogen (secondary N) is 1. The molecule has 0 aromatic heterocycles. The lowest BCUT2D eigenvalue weighted by atomic mass is 10.0. The predicted octanol–water partition coefficient (Wildman–Crippen LogP) is 5.59. The maximum atomic E-state index is 14.6. The molecular formula is C22H18BrF2NO3. The lowest BCUT2D eigenvalue weighted by Gasteiger charge is -2.14. The van der Waals surface area contributed by atoms with Gasteiger partial charge in [0.05, 0.1) is 19.9 Å². The number of hydrogen-bond acceptors (Lipinski definition) is 4. The third-order valence-electron chi connectivity index (χ3n) is 4.37. The molecule has 4 nitrogen and oxygen atoms in total. The topological polar surface area (TPSA) is 47.6 Å². The van der Waals surface area contributed by atoms with Crippen LogP contribution in [0.15, 0.2) is 59.1 Å². The summed E-state index contributed by atoms with van der Waals surface area (Å²) in [5.74, 6) is -0.159. The molecule has 0 bridgehead atoms. The van der Waals surface area contributed by atoms with E-state index in [2.05, 4.69) is 21.2 Å². The summed E-state index contributed by atoms with van der Waals surface area (Å²) in [6.45, 7) is 0.307. The number of anilines is 1. The van der Waals surface area contributed by atoms with Gasteiger partial charge in [0.25, 0.3) is 0 Å². The lowest BCUT2D eigenvalue weighted by molar-refractivity contribution is 0.103. The number of halogens is 3. The van der Waals surface area contributed by atoms with Gasteiger partial charge in [-0.3, -0.25) is 4.79 Å². The summed E-state index contributed by atoms with van der Waals surface area (Å²) in [5, 5.41) is 3.01. The molecule has 29 heavy (non-hydrogen) atoms. The second-order valence-corrected chi connectivity index (χ2v) is 7.03. The molecule has 7 heteroatoms. The standard InChI is InChI=1S/C22H18BrF2NO3/c1-28-16-8-5-14(21(9-16)29-2)12-26-20-11-18(23)17(10-19(20)25)22(27)13-3-6-15(24)7-4-13/h3-11,26H,12H2,1-2H3. The van der Waals surface area contributed by atoms with Gasteiger partial charge in [-0.25, -0.2) is 8.78 Å². The minimum Gasteiger partial charge on any atom is -0.497 e. The fraction of sp³-hybridized carbons (Fsp3) is 0.136. The molecule has 0 spiro atoms. The Balaban J connectivity index is 1.81. The highest BCUT2D eigenvalue weighted by molar-refractivity contribution is 9.10. The van der Waals surface area contributed by atoms with E-state index in [1.807, 2.05) is 6.07 Å². The summed E-state index contributed by atoms with van der Waals surface area (Å²) in [7, 11) is 3.11. The van der Waals surface area contributed by atoms with Crippen LogP contribution in [-0.4, -0.2) is 20.0 Å². The Kier molecular flexibility index (Phi) is 6.49.